The Morgan fingerprint density at radius 1 is 0.293 bits per heavy atom. The van der Waals surface area contributed by atoms with Crippen molar-refractivity contribution in [1.82, 2.24) is 0 Å². The molecule has 0 aliphatic carbocycles. The van der Waals surface area contributed by atoms with Gasteiger partial charge < -0.3 is 4.42 Å². The highest BCUT2D eigenvalue weighted by molar-refractivity contribution is 7.25. The molecule has 0 amide bonds. The quantitative estimate of drug-likeness (QED) is 0.164. The molecule has 2 heteroatoms. The summed E-state index contributed by atoms with van der Waals surface area (Å²) in [5, 5.41) is 17.3. The molecule has 0 radical (unpaired) electrons. The van der Waals surface area contributed by atoms with Gasteiger partial charge in [0.1, 0.15) is 11.2 Å². The lowest BCUT2D eigenvalue weighted by Crippen LogP contribution is -1.91. The van der Waals surface area contributed by atoms with Crippen molar-refractivity contribution < 1.29 is 4.42 Å². The van der Waals surface area contributed by atoms with Gasteiger partial charge in [-0.3, -0.25) is 0 Å². The first-order valence-corrected chi connectivity index (χ1v) is 20.7. The van der Waals surface area contributed by atoms with Gasteiger partial charge in [0.25, 0.3) is 0 Å². The van der Waals surface area contributed by atoms with Crippen molar-refractivity contribution >= 4 is 107 Å². The Balaban J connectivity index is 0.944. The maximum absolute atomic E-state index is 6.46. The van der Waals surface area contributed by atoms with E-state index in [4.69, 9.17) is 4.42 Å². The van der Waals surface area contributed by atoms with E-state index in [9.17, 15) is 0 Å². The Morgan fingerprint density at radius 3 is 1.67 bits per heavy atom. The van der Waals surface area contributed by atoms with Gasteiger partial charge in [-0.25, -0.2) is 0 Å². The van der Waals surface area contributed by atoms with Crippen LogP contribution in [-0.2, 0) is 0 Å². The third kappa shape index (κ3) is 4.64. The van der Waals surface area contributed by atoms with Gasteiger partial charge in [-0.2, -0.15) is 0 Å². The molecular weight excluding hydrogens is 721 g/mol. The van der Waals surface area contributed by atoms with Crippen molar-refractivity contribution in [2.24, 2.45) is 0 Å². The lowest BCUT2D eigenvalue weighted by Gasteiger charge is -2.19. The van der Waals surface area contributed by atoms with Crippen molar-refractivity contribution in [2.75, 3.05) is 0 Å². The van der Waals surface area contributed by atoms with Crippen LogP contribution >= 0.6 is 11.3 Å². The van der Waals surface area contributed by atoms with Gasteiger partial charge in [-0.15, -0.1) is 11.3 Å². The van der Waals surface area contributed by atoms with E-state index in [-0.39, 0.29) is 0 Å². The molecule has 0 N–H and O–H groups in total. The standard InChI is InChI=1S/C56H32OS/c1-2-12-40-33(10-1)11-9-18-42(40)55-45-16-5-3-14-43(45)54(44-15-4-6-17-46(44)55)39-23-22-34-28-35(20-21-36(34)29-39)37-25-27-52-49(30-37)50-32-48-38(31-53(50)58-52)24-26-47-41-13-7-8-19-51(41)57-56(47)48/h1-32H. The molecule has 0 atom stereocenters. The van der Waals surface area contributed by atoms with Gasteiger partial charge >= 0.3 is 0 Å². The van der Waals surface area contributed by atoms with Crippen LogP contribution in [0.1, 0.15) is 0 Å². The molecule has 13 aromatic rings. The summed E-state index contributed by atoms with van der Waals surface area (Å²) in [5.41, 5.74) is 9.42. The minimum absolute atomic E-state index is 0.933. The molecule has 1 nitrogen and oxygen atoms in total. The van der Waals surface area contributed by atoms with E-state index in [1.54, 1.807) is 0 Å². The molecule has 0 saturated heterocycles. The van der Waals surface area contributed by atoms with Gasteiger partial charge in [0, 0.05) is 36.3 Å². The highest BCUT2D eigenvalue weighted by Crippen LogP contribution is 2.46. The van der Waals surface area contributed by atoms with Crippen LogP contribution in [-0.4, -0.2) is 0 Å². The van der Waals surface area contributed by atoms with E-state index in [0.29, 0.717) is 0 Å². The van der Waals surface area contributed by atoms with E-state index in [1.165, 1.54) is 107 Å². The van der Waals surface area contributed by atoms with Crippen molar-refractivity contribution in [3.63, 3.8) is 0 Å². The van der Waals surface area contributed by atoms with E-state index in [1.807, 2.05) is 17.4 Å². The second-order valence-corrected chi connectivity index (χ2v) is 16.7. The minimum Gasteiger partial charge on any atom is -0.455 e. The molecule has 2 heterocycles. The predicted molar refractivity (Wildman–Crippen MR) is 250 cm³/mol. The van der Waals surface area contributed by atoms with Crippen molar-refractivity contribution in [1.29, 1.82) is 0 Å². The molecule has 58 heavy (non-hydrogen) atoms. The SMILES string of the molecule is c1ccc2c(-c3c4ccccc4c(-c4ccc5cc(-c6ccc7sc8cc9ccc%10c%11ccccc%11oc%10c9cc8c7c6)ccc5c4)c4ccccc34)cccc2c1. The molecule has 0 aliphatic rings. The Kier molecular flexibility index (Phi) is 6.66. The number of hydrogen-bond acceptors (Lipinski definition) is 2. The highest BCUT2D eigenvalue weighted by Gasteiger charge is 2.19. The van der Waals surface area contributed by atoms with Crippen LogP contribution in [0.3, 0.4) is 0 Å². The first-order chi connectivity index (χ1) is 28.7. The fourth-order valence-corrected chi connectivity index (χ4v) is 10.8. The molecule has 2 aromatic heterocycles. The smallest absolute Gasteiger partial charge is 0.143 e. The van der Waals surface area contributed by atoms with Crippen LogP contribution in [0.15, 0.2) is 199 Å². The molecule has 11 aromatic carbocycles. The van der Waals surface area contributed by atoms with Gasteiger partial charge in [-0.1, -0.05) is 146 Å². The molecule has 0 spiro atoms. The maximum atomic E-state index is 6.46. The minimum atomic E-state index is 0.933. The topological polar surface area (TPSA) is 13.1 Å². The second-order valence-electron chi connectivity index (χ2n) is 15.6. The number of furan rings is 1. The normalized spacial score (nSPS) is 12.1. The van der Waals surface area contributed by atoms with Crippen molar-refractivity contribution in [2.45, 2.75) is 0 Å². The summed E-state index contributed by atoms with van der Waals surface area (Å²) in [6.07, 6.45) is 0. The van der Waals surface area contributed by atoms with E-state index in [0.717, 1.165) is 21.9 Å². The summed E-state index contributed by atoms with van der Waals surface area (Å²) in [6, 6.07) is 71.7. The first kappa shape index (κ1) is 31.9. The monoisotopic (exact) mass is 752 g/mol. The number of hydrogen-bond donors (Lipinski definition) is 0. The predicted octanol–water partition coefficient (Wildman–Crippen LogP) is 16.7. The molecule has 0 aliphatic heterocycles. The van der Waals surface area contributed by atoms with Crippen molar-refractivity contribution in [3.8, 4) is 33.4 Å². The molecule has 0 fully saturated rings. The summed E-state index contributed by atoms with van der Waals surface area (Å²) >= 11 is 1.86. The fourth-order valence-electron chi connectivity index (χ4n) is 9.71. The van der Waals surface area contributed by atoms with Crippen LogP contribution in [0.2, 0.25) is 0 Å². The van der Waals surface area contributed by atoms with Crippen LogP contribution in [0.4, 0.5) is 0 Å². The summed E-state index contributed by atoms with van der Waals surface area (Å²) < 4.78 is 9.05. The fraction of sp³-hybridized carbons (Fsp3) is 0. The zero-order valence-electron chi connectivity index (χ0n) is 31.3. The Morgan fingerprint density at radius 2 is 0.879 bits per heavy atom. The molecule has 13 rings (SSSR count). The highest BCUT2D eigenvalue weighted by atomic mass is 32.1. The van der Waals surface area contributed by atoms with Crippen LogP contribution in [0.25, 0.3) is 129 Å². The van der Waals surface area contributed by atoms with Crippen molar-refractivity contribution in [3.05, 3.63) is 194 Å². The average molecular weight is 753 g/mol. The number of fused-ring (bicyclic) bond motifs is 12. The Bertz CT molecular complexity index is 3800. The summed E-state index contributed by atoms with van der Waals surface area (Å²) in [4.78, 5) is 0. The van der Waals surface area contributed by atoms with E-state index in [2.05, 4.69) is 188 Å². The zero-order valence-corrected chi connectivity index (χ0v) is 32.1. The third-order valence-electron chi connectivity index (χ3n) is 12.4. The lowest BCUT2D eigenvalue weighted by atomic mass is 9.84. The largest absolute Gasteiger partial charge is 0.455 e. The van der Waals surface area contributed by atoms with Crippen LogP contribution in [0, 0.1) is 0 Å². The summed E-state index contributed by atoms with van der Waals surface area (Å²) in [5.74, 6) is 0. The average Bonchev–Trinajstić information content (AvgIpc) is 3.84. The van der Waals surface area contributed by atoms with Gasteiger partial charge in [-0.05, 0) is 130 Å². The van der Waals surface area contributed by atoms with Gasteiger partial charge in [0.05, 0.1) is 0 Å². The summed E-state index contributed by atoms with van der Waals surface area (Å²) in [6.45, 7) is 0. The van der Waals surface area contributed by atoms with Gasteiger partial charge in [0.2, 0.25) is 0 Å². The molecule has 0 unspecified atom stereocenters. The Labute approximate surface area is 337 Å². The number of rotatable bonds is 3. The molecular formula is C56H32OS. The zero-order chi connectivity index (χ0) is 37.9. The van der Waals surface area contributed by atoms with Crippen LogP contribution in [0.5, 0.6) is 0 Å². The number of thiophene rings is 1. The van der Waals surface area contributed by atoms with E-state index >= 15 is 0 Å². The van der Waals surface area contributed by atoms with E-state index < -0.39 is 0 Å². The Hall–Kier alpha value is -7.26. The van der Waals surface area contributed by atoms with Crippen LogP contribution < -0.4 is 0 Å². The number of para-hydroxylation sites is 1. The third-order valence-corrected chi connectivity index (χ3v) is 13.5. The number of benzene rings is 11. The summed E-state index contributed by atoms with van der Waals surface area (Å²) in [7, 11) is 0. The first-order valence-electron chi connectivity index (χ1n) is 19.9. The maximum Gasteiger partial charge on any atom is 0.143 e. The lowest BCUT2D eigenvalue weighted by molar-refractivity contribution is 0.672. The van der Waals surface area contributed by atoms with Gasteiger partial charge in [0.15, 0.2) is 0 Å². The second kappa shape index (κ2) is 12.1. The molecule has 0 bridgehead atoms. The molecule has 0 saturated carbocycles. The molecule has 268 valence electrons.